The van der Waals surface area contributed by atoms with Gasteiger partial charge in [-0.1, -0.05) is 91.0 Å². The molecule has 3 aromatic carbocycles. The molecule has 1 aromatic heterocycles. The molecule has 5 heteroatoms. The summed E-state index contributed by atoms with van der Waals surface area (Å²) in [4.78, 5) is 4.04. The van der Waals surface area contributed by atoms with E-state index in [0.29, 0.717) is 11.3 Å². The molecule has 0 aliphatic carbocycles. The van der Waals surface area contributed by atoms with Gasteiger partial charge in [-0.05, 0) is 28.6 Å². The second kappa shape index (κ2) is 9.20. The Labute approximate surface area is 183 Å². The highest BCUT2D eigenvalue weighted by Crippen LogP contribution is 2.13. The summed E-state index contributed by atoms with van der Waals surface area (Å²) in [5, 5.41) is 17.3. The molecule has 4 rings (SSSR count). The van der Waals surface area contributed by atoms with Gasteiger partial charge < -0.3 is 4.53 Å². The highest BCUT2D eigenvalue weighted by Gasteiger charge is 2.44. The maximum Gasteiger partial charge on any atom is 0.380 e. The van der Waals surface area contributed by atoms with Crippen molar-refractivity contribution in [3.05, 3.63) is 121 Å². The summed E-state index contributed by atoms with van der Waals surface area (Å²) in [6, 6.07) is 34.8. The number of nitriles is 1. The highest BCUT2D eigenvalue weighted by molar-refractivity contribution is 7.07. The molecule has 0 aliphatic rings. The van der Waals surface area contributed by atoms with E-state index >= 15 is 0 Å². The molecule has 0 aliphatic heterocycles. The first-order valence-electron chi connectivity index (χ1n) is 9.99. The van der Waals surface area contributed by atoms with Crippen LogP contribution in [0.2, 0.25) is 0 Å². The van der Waals surface area contributed by atoms with Crippen LogP contribution in [0.4, 0.5) is 0 Å². The standard InChI is InChI=1S/C26H21N3OSi/c1-21(26-17-18-28-20-22(26)19-27)29-30-31(23-11-5-2-6-12-23,24-13-7-3-8-14-24)25-15-9-4-10-16-25/h2-18,20H,1H3/b29-21+. The maximum absolute atomic E-state index is 9.45. The second-order valence-corrected chi connectivity index (χ2v) is 10.4. The van der Waals surface area contributed by atoms with Gasteiger partial charge in [-0.25, -0.2) is 0 Å². The molecule has 1 heterocycles. The van der Waals surface area contributed by atoms with Crippen molar-refractivity contribution < 1.29 is 4.53 Å². The lowest BCUT2D eigenvalue weighted by Gasteiger charge is -2.30. The van der Waals surface area contributed by atoms with E-state index in [2.05, 4.69) is 52.6 Å². The molecule has 150 valence electrons. The van der Waals surface area contributed by atoms with Crippen LogP contribution in [0.3, 0.4) is 0 Å². The van der Waals surface area contributed by atoms with Crippen LogP contribution in [0.1, 0.15) is 18.1 Å². The zero-order valence-electron chi connectivity index (χ0n) is 17.1. The van der Waals surface area contributed by atoms with Crippen LogP contribution < -0.4 is 15.6 Å². The van der Waals surface area contributed by atoms with Gasteiger partial charge in [0.15, 0.2) is 0 Å². The van der Waals surface area contributed by atoms with Crippen LogP contribution >= 0.6 is 0 Å². The van der Waals surface area contributed by atoms with E-state index in [4.69, 9.17) is 4.53 Å². The summed E-state index contributed by atoms with van der Waals surface area (Å²) in [6.45, 7) is 1.86. The summed E-state index contributed by atoms with van der Waals surface area (Å²) in [7, 11) is -2.93. The molecule has 0 saturated carbocycles. The smallest absolute Gasteiger partial charge is 0.380 e. The number of rotatable bonds is 6. The van der Waals surface area contributed by atoms with E-state index in [1.807, 2.05) is 61.5 Å². The summed E-state index contributed by atoms with van der Waals surface area (Å²) in [5.41, 5.74) is 1.83. The van der Waals surface area contributed by atoms with Crippen molar-refractivity contribution in [2.24, 2.45) is 5.16 Å². The van der Waals surface area contributed by atoms with Gasteiger partial charge in [-0.15, -0.1) is 5.16 Å². The van der Waals surface area contributed by atoms with Crippen LogP contribution in [0.5, 0.6) is 0 Å². The van der Waals surface area contributed by atoms with E-state index in [0.717, 1.165) is 21.1 Å². The SMILES string of the molecule is C/C(=N\O[Si](c1ccccc1)(c1ccccc1)c1ccccc1)c1ccncc1C#N. The fourth-order valence-electron chi connectivity index (χ4n) is 3.66. The lowest BCUT2D eigenvalue weighted by atomic mass is 10.1. The first kappa shape index (κ1) is 20.3. The van der Waals surface area contributed by atoms with E-state index in [1.165, 1.54) is 0 Å². The maximum atomic E-state index is 9.45. The average molecular weight is 420 g/mol. The molecule has 4 nitrogen and oxygen atoms in total. The van der Waals surface area contributed by atoms with Gasteiger partial charge >= 0.3 is 8.32 Å². The number of hydrogen-bond acceptors (Lipinski definition) is 4. The van der Waals surface area contributed by atoms with Gasteiger partial charge in [0.25, 0.3) is 0 Å². The molecule has 4 aromatic rings. The molecule has 0 amide bonds. The third-order valence-electron chi connectivity index (χ3n) is 5.19. The molecule has 0 bridgehead atoms. The summed E-state index contributed by atoms with van der Waals surface area (Å²) in [5.74, 6) is 0. The van der Waals surface area contributed by atoms with Crippen molar-refractivity contribution in [3.63, 3.8) is 0 Å². The Balaban J connectivity index is 1.92. The molecule has 0 saturated heterocycles. The van der Waals surface area contributed by atoms with Gasteiger partial charge in [0.05, 0.1) is 11.3 Å². The second-order valence-electron chi connectivity index (χ2n) is 7.08. The van der Waals surface area contributed by atoms with Crippen LogP contribution in [0.25, 0.3) is 0 Å². The first-order chi connectivity index (χ1) is 15.3. The van der Waals surface area contributed by atoms with Gasteiger partial charge in [-0.2, -0.15) is 5.26 Å². The Bertz CT molecular complexity index is 1120. The Hall–Kier alpha value is -4.01. The quantitative estimate of drug-likeness (QED) is 0.208. The average Bonchev–Trinajstić information content (AvgIpc) is 2.86. The highest BCUT2D eigenvalue weighted by atomic mass is 28.4. The fraction of sp³-hybridized carbons (Fsp3) is 0.0385. The van der Waals surface area contributed by atoms with Crippen molar-refractivity contribution in [3.8, 4) is 6.07 Å². The predicted octanol–water partition coefficient (Wildman–Crippen LogP) is 3.36. The largest absolute Gasteiger partial charge is 0.438 e. The Morgan fingerprint density at radius 1 is 0.806 bits per heavy atom. The zero-order valence-corrected chi connectivity index (χ0v) is 18.1. The minimum atomic E-state index is -2.93. The Morgan fingerprint density at radius 3 is 1.74 bits per heavy atom. The minimum absolute atomic E-state index is 0.471. The van der Waals surface area contributed by atoms with Gasteiger partial charge in [0.1, 0.15) is 6.07 Å². The van der Waals surface area contributed by atoms with Gasteiger partial charge in [-0.3, -0.25) is 4.98 Å². The van der Waals surface area contributed by atoms with Crippen LogP contribution in [-0.4, -0.2) is 19.0 Å². The van der Waals surface area contributed by atoms with Crippen molar-refractivity contribution >= 4 is 29.6 Å². The molecule has 0 atom stereocenters. The predicted molar refractivity (Wildman–Crippen MR) is 126 cm³/mol. The van der Waals surface area contributed by atoms with E-state index in [1.54, 1.807) is 18.5 Å². The number of pyridine rings is 1. The number of hydrogen-bond donors (Lipinski definition) is 0. The lowest BCUT2D eigenvalue weighted by Crippen LogP contribution is -2.68. The Morgan fingerprint density at radius 2 is 1.29 bits per heavy atom. The molecular weight excluding hydrogens is 398 g/mol. The van der Waals surface area contributed by atoms with E-state index in [-0.39, 0.29) is 0 Å². The molecule has 0 N–H and O–H groups in total. The molecule has 31 heavy (non-hydrogen) atoms. The first-order valence-corrected chi connectivity index (χ1v) is 11.9. The molecule has 0 unspecified atom stereocenters. The van der Waals surface area contributed by atoms with Gasteiger partial charge in [0.2, 0.25) is 0 Å². The van der Waals surface area contributed by atoms with Crippen molar-refractivity contribution in [2.45, 2.75) is 6.92 Å². The Kier molecular flexibility index (Phi) is 6.02. The third kappa shape index (κ3) is 4.02. The summed E-state index contributed by atoms with van der Waals surface area (Å²) in [6.07, 6.45) is 3.20. The number of oxime groups is 1. The lowest BCUT2D eigenvalue weighted by molar-refractivity contribution is 0.349. The summed E-state index contributed by atoms with van der Waals surface area (Å²) >= 11 is 0. The number of nitrogens with zero attached hydrogens (tertiary/aromatic N) is 3. The fourth-order valence-corrected chi connectivity index (χ4v) is 7.24. The molecular formula is C26H21N3OSi. The third-order valence-corrected chi connectivity index (χ3v) is 9.00. The van der Waals surface area contributed by atoms with Crippen LogP contribution in [0, 0.1) is 11.3 Å². The topological polar surface area (TPSA) is 58.3 Å². The van der Waals surface area contributed by atoms with E-state index < -0.39 is 8.32 Å². The van der Waals surface area contributed by atoms with Crippen molar-refractivity contribution in [2.75, 3.05) is 0 Å². The van der Waals surface area contributed by atoms with E-state index in [9.17, 15) is 5.26 Å². The monoisotopic (exact) mass is 419 g/mol. The van der Waals surface area contributed by atoms with Crippen molar-refractivity contribution in [1.29, 1.82) is 5.26 Å². The molecule has 0 spiro atoms. The van der Waals surface area contributed by atoms with Crippen LogP contribution in [0.15, 0.2) is 115 Å². The molecule has 0 radical (unpaired) electrons. The summed E-state index contributed by atoms with van der Waals surface area (Å²) < 4.78 is 6.60. The number of benzene rings is 3. The van der Waals surface area contributed by atoms with Crippen LogP contribution in [-0.2, 0) is 4.53 Å². The van der Waals surface area contributed by atoms with Crippen molar-refractivity contribution in [1.82, 2.24) is 4.98 Å². The van der Waals surface area contributed by atoms with Gasteiger partial charge in [0, 0.05) is 18.0 Å². The molecule has 0 fully saturated rings. The number of aromatic nitrogens is 1. The zero-order chi connectivity index (χ0) is 21.5. The minimum Gasteiger partial charge on any atom is -0.438 e. The normalized spacial score (nSPS) is 11.5.